The number of Topliss-reactive ketones (excluding diaryl/α,β-unsaturated/α-hetero) is 2. The first-order chi connectivity index (χ1) is 26.0. The van der Waals surface area contributed by atoms with Gasteiger partial charge >= 0.3 is 18.2 Å². The second-order valence-electron chi connectivity index (χ2n) is 14.4. The second kappa shape index (κ2) is 23.5. The van der Waals surface area contributed by atoms with Crippen LogP contribution in [0.1, 0.15) is 85.6 Å². The van der Waals surface area contributed by atoms with Gasteiger partial charge in [0.1, 0.15) is 31.1 Å². The van der Waals surface area contributed by atoms with Crippen LogP contribution in [-0.2, 0) is 40.0 Å². The summed E-state index contributed by atoms with van der Waals surface area (Å²) in [6.07, 6.45) is 1.44. The number of nitrogens with one attached hydrogen (secondary N) is 5. The van der Waals surface area contributed by atoms with Crippen LogP contribution in [0.3, 0.4) is 0 Å². The van der Waals surface area contributed by atoms with E-state index in [4.69, 9.17) is 19.9 Å². The van der Waals surface area contributed by atoms with Crippen molar-refractivity contribution in [2.24, 2.45) is 23.5 Å². The Bertz CT molecular complexity index is 1460. The molecule has 0 bridgehead atoms. The highest BCUT2D eigenvalue weighted by atomic mass is 32.2. The van der Waals surface area contributed by atoms with Crippen LogP contribution >= 0.6 is 11.8 Å². The standard InChI is InChI=1S/C38H60N6O10S/c1-8-16-38(6,24(4)5)55-30-21-29(45)27(32(30)46)15-18-52-19-20-53-37(51)44-31(23(2)3)34(48)43-28(10-9-17-41-35(39)49)33(47)42-26-13-11-25(12-14-26)22-54-36(50)40-7/h11-14,23-24,27-28,30-31H,8-10,15-22H2,1-7H3,(H,40,50)(H,42,47)(H,43,48)(H,44,51)(H3,39,41,49)/t27?,28?,30?,31-,38?/m0/s1. The molecule has 6 amide bonds. The van der Waals surface area contributed by atoms with Gasteiger partial charge in [-0.25, -0.2) is 14.4 Å². The average molecular weight is 793 g/mol. The minimum atomic E-state index is -1.06. The van der Waals surface area contributed by atoms with Gasteiger partial charge in [0.15, 0.2) is 5.78 Å². The summed E-state index contributed by atoms with van der Waals surface area (Å²) in [6, 6.07) is 3.74. The SMILES string of the molecule is CCCC(C)(SC1CC(=O)C(CCOCCOC(=O)N[C@H](C(=O)NC(CCCNC(N)=O)C(=O)Nc2ccc(COC(=O)NC)cc2)C(C)C)C1=O)C(C)C. The molecule has 17 heteroatoms. The maximum atomic E-state index is 13.4. The summed E-state index contributed by atoms with van der Waals surface area (Å²) >= 11 is 1.62. The first kappa shape index (κ1) is 46.8. The van der Waals surface area contributed by atoms with E-state index in [-0.39, 0.29) is 73.8 Å². The van der Waals surface area contributed by atoms with E-state index in [0.717, 1.165) is 12.8 Å². The summed E-state index contributed by atoms with van der Waals surface area (Å²) in [7, 11) is 1.45. The number of amides is 6. The predicted octanol–water partition coefficient (Wildman–Crippen LogP) is 4.05. The molecule has 1 aromatic rings. The van der Waals surface area contributed by atoms with Crippen LogP contribution in [0.5, 0.6) is 0 Å². The molecule has 55 heavy (non-hydrogen) atoms. The number of thioether (sulfide) groups is 1. The smallest absolute Gasteiger partial charge is 0.407 e. The molecule has 2 rings (SSSR count). The fourth-order valence-corrected chi connectivity index (χ4v) is 7.67. The number of anilines is 1. The number of urea groups is 1. The number of hydrogen-bond donors (Lipinski definition) is 6. The molecule has 1 saturated carbocycles. The number of nitrogens with two attached hydrogens (primary N) is 1. The Morgan fingerprint density at radius 3 is 2.24 bits per heavy atom. The van der Waals surface area contributed by atoms with E-state index in [1.54, 1.807) is 49.9 Å². The number of ether oxygens (including phenoxy) is 3. The minimum absolute atomic E-state index is 0.0187. The largest absolute Gasteiger partial charge is 0.447 e. The summed E-state index contributed by atoms with van der Waals surface area (Å²) in [5, 5.41) is 12.4. The van der Waals surface area contributed by atoms with Gasteiger partial charge in [0.2, 0.25) is 11.8 Å². The molecule has 4 unspecified atom stereocenters. The van der Waals surface area contributed by atoms with E-state index in [1.165, 1.54) is 7.05 Å². The van der Waals surface area contributed by atoms with Crippen molar-refractivity contribution in [1.29, 1.82) is 0 Å². The Morgan fingerprint density at radius 1 is 0.945 bits per heavy atom. The van der Waals surface area contributed by atoms with Crippen LogP contribution < -0.4 is 32.3 Å². The zero-order valence-electron chi connectivity index (χ0n) is 33.1. The Balaban J connectivity index is 1.88. The number of ketones is 2. The van der Waals surface area contributed by atoms with Crippen LogP contribution in [0.2, 0.25) is 0 Å². The summed E-state index contributed by atoms with van der Waals surface area (Å²) in [5.41, 5.74) is 6.26. The number of carbonyl (C=O) groups is 7. The first-order valence-electron chi connectivity index (χ1n) is 18.8. The molecule has 1 aliphatic rings. The molecule has 0 saturated heterocycles. The fraction of sp³-hybridized carbons (Fsp3) is 0.658. The zero-order valence-corrected chi connectivity index (χ0v) is 33.9. The highest BCUT2D eigenvalue weighted by Crippen LogP contribution is 2.44. The van der Waals surface area contributed by atoms with E-state index in [0.29, 0.717) is 23.6 Å². The van der Waals surface area contributed by atoms with Crippen molar-refractivity contribution in [3.8, 4) is 0 Å². The first-order valence-corrected chi connectivity index (χ1v) is 19.7. The molecule has 1 fully saturated rings. The summed E-state index contributed by atoms with van der Waals surface area (Å²) in [5.74, 6) is -2.00. The molecule has 308 valence electrons. The maximum Gasteiger partial charge on any atom is 0.407 e. The molecular formula is C38H60N6O10S. The summed E-state index contributed by atoms with van der Waals surface area (Å²) in [4.78, 5) is 87.7. The number of alkyl carbamates (subject to hydrolysis) is 2. The molecule has 0 heterocycles. The van der Waals surface area contributed by atoms with Gasteiger partial charge < -0.3 is 46.5 Å². The van der Waals surface area contributed by atoms with Gasteiger partial charge in [0.25, 0.3) is 0 Å². The average Bonchev–Trinajstić information content (AvgIpc) is 3.39. The molecule has 0 spiro atoms. The molecule has 7 N–H and O–H groups in total. The molecule has 1 aromatic carbocycles. The van der Waals surface area contributed by atoms with Crippen LogP contribution in [0.15, 0.2) is 24.3 Å². The van der Waals surface area contributed by atoms with Crippen LogP contribution in [-0.4, -0.2) is 97.1 Å². The maximum absolute atomic E-state index is 13.4. The van der Waals surface area contributed by atoms with Crippen molar-refractivity contribution in [3.05, 3.63) is 29.8 Å². The minimum Gasteiger partial charge on any atom is -0.447 e. The van der Waals surface area contributed by atoms with Crippen molar-refractivity contribution in [2.75, 3.05) is 38.7 Å². The van der Waals surface area contributed by atoms with Crippen LogP contribution in [0, 0.1) is 17.8 Å². The lowest BCUT2D eigenvalue weighted by Gasteiger charge is -2.35. The molecular weight excluding hydrogens is 733 g/mol. The summed E-state index contributed by atoms with van der Waals surface area (Å²) < 4.78 is 15.7. The van der Waals surface area contributed by atoms with E-state index < -0.39 is 54.0 Å². The van der Waals surface area contributed by atoms with E-state index >= 15 is 0 Å². The van der Waals surface area contributed by atoms with Crippen LogP contribution in [0.25, 0.3) is 0 Å². The Kier molecular flexibility index (Phi) is 20.0. The van der Waals surface area contributed by atoms with E-state index in [1.807, 2.05) is 0 Å². The molecule has 5 atom stereocenters. The molecule has 0 aromatic heterocycles. The third-order valence-electron chi connectivity index (χ3n) is 9.45. The predicted molar refractivity (Wildman–Crippen MR) is 209 cm³/mol. The van der Waals surface area contributed by atoms with Gasteiger partial charge in [-0.15, -0.1) is 11.8 Å². The Labute approximate surface area is 328 Å². The second-order valence-corrected chi connectivity index (χ2v) is 16.1. The van der Waals surface area contributed by atoms with Crippen molar-refractivity contribution >= 4 is 59.0 Å². The monoisotopic (exact) mass is 792 g/mol. The molecule has 0 aliphatic heterocycles. The number of benzene rings is 1. The highest BCUT2D eigenvalue weighted by molar-refractivity contribution is 8.02. The zero-order chi connectivity index (χ0) is 41.1. The van der Waals surface area contributed by atoms with Gasteiger partial charge in [0, 0.05) is 37.1 Å². The molecule has 16 nitrogen and oxygen atoms in total. The molecule has 1 aliphatic carbocycles. The number of carbonyl (C=O) groups excluding carboxylic acids is 7. The third kappa shape index (κ3) is 16.1. The van der Waals surface area contributed by atoms with Gasteiger partial charge in [-0.3, -0.25) is 19.2 Å². The van der Waals surface area contributed by atoms with Gasteiger partial charge in [-0.2, -0.15) is 0 Å². The Morgan fingerprint density at radius 2 is 1.64 bits per heavy atom. The van der Waals surface area contributed by atoms with Crippen molar-refractivity contribution < 1.29 is 47.8 Å². The van der Waals surface area contributed by atoms with Crippen molar-refractivity contribution in [1.82, 2.24) is 21.3 Å². The summed E-state index contributed by atoms with van der Waals surface area (Å²) in [6.45, 7) is 12.2. The quantitative estimate of drug-likeness (QED) is 0.0684. The van der Waals surface area contributed by atoms with Gasteiger partial charge in [-0.1, -0.05) is 60.1 Å². The lowest BCUT2D eigenvalue weighted by Crippen LogP contribution is -2.54. The lowest BCUT2D eigenvalue weighted by atomic mass is 9.92. The number of rotatable bonds is 23. The van der Waals surface area contributed by atoms with E-state index in [9.17, 15) is 33.6 Å². The fourth-order valence-electron chi connectivity index (χ4n) is 5.90. The topological polar surface area (TPSA) is 233 Å². The van der Waals surface area contributed by atoms with E-state index in [2.05, 4.69) is 54.3 Å². The highest BCUT2D eigenvalue weighted by Gasteiger charge is 2.44. The van der Waals surface area contributed by atoms with Crippen LogP contribution in [0.4, 0.5) is 20.1 Å². The van der Waals surface area contributed by atoms with Gasteiger partial charge in [-0.05, 0) is 55.2 Å². The van der Waals surface area contributed by atoms with Crippen molar-refractivity contribution in [2.45, 2.75) is 109 Å². The lowest BCUT2D eigenvalue weighted by molar-refractivity contribution is -0.128. The molecule has 0 radical (unpaired) electrons. The number of primary amides is 1. The third-order valence-corrected chi connectivity index (χ3v) is 11.3. The van der Waals surface area contributed by atoms with Gasteiger partial charge in [0.05, 0.1) is 17.8 Å². The Hall–Kier alpha value is -4.38. The van der Waals surface area contributed by atoms with Crippen molar-refractivity contribution in [3.63, 3.8) is 0 Å². The normalized spacial score (nSPS) is 17.5. The number of hydrogen-bond acceptors (Lipinski definition) is 11.